The van der Waals surface area contributed by atoms with E-state index in [1.807, 2.05) is 12.1 Å². The number of aliphatic hydroxyl groups is 1. The van der Waals surface area contributed by atoms with Crippen LogP contribution in [-0.2, 0) is 5.60 Å². The van der Waals surface area contributed by atoms with E-state index in [1.165, 1.54) is 0 Å². The molecule has 0 spiro atoms. The third-order valence-corrected chi connectivity index (χ3v) is 4.07. The van der Waals surface area contributed by atoms with Crippen LogP contribution >= 0.6 is 0 Å². The van der Waals surface area contributed by atoms with Crippen LogP contribution < -0.4 is 0 Å². The first-order valence-corrected chi connectivity index (χ1v) is 6.97. The molecule has 1 aliphatic rings. The maximum absolute atomic E-state index is 12.5. The number of rotatable bonds is 2. The van der Waals surface area contributed by atoms with Crippen molar-refractivity contribution in [3.8, 4) is 0 Å². The fourth-order valence-electron chi connectivity index (χ4n) is 2.74. The normalized spacial score (nSPS) is 16.4. The van der Waals surface area contributed by atoms with Crippen molar-refractivity contribution in [1.82, 2.24) is 0 Å². The molecule has 0 saturated heterocycles. The van der Waals surface area contributed by atoms with Gasteiger partial charge in [-0.3, -0.25) is 9.59 Å². The van der Waals surface area contributed by atoms with Crippen molar-refractivity contribution in [2.75, 3.05) is 0 Å². The monoisotopic (exact) mass is 280 g/mol. The van der Waals surface area contributed by atoms with Crippen molar-refractivity contribution in [3.63, 3.8) is 0 Å². The molecular weight excluding hydrogens is 264 g/mol. The summed E-state index contributed by atoms with van der Waals surface area (Å²) in [7, 11) is 0. The number of fused-ring (bicyclic) bond motifs is 1. The molecule has 2 aromatic rings. The van der Waals surface area contributed by atoms with E-state index in [9.17, 15) is 14.7 Å². The summed E-state index contributed by atoms with van der Waals surface area (Å²) < 4.78 is 0. The minimum Gasteiger partial charge on any atom is -0.370 e. The Morgan fingerprint density at radius 3 is 1.76 bits per heavy atom. The Morgan fingerprint density at radius 1 is 0.857 bits per heavy atom. The average Bonchev–Trinajstić information content (AvgIpc) is 2.71. The highest BCUT2D eigenvalue weighted by atomic mass is 16.3. The zero-order valence-electron chi connectivity index (χ0n) is 12.0. The molecular formula is C18H16O3. The molecule has 0 unspecified atom stereocenters. The van der Waals surface area contributed by atoms with Crippen LogP contribution in [-0.4, -0.2) is 16.7 Å². The third kappa shape index (κ3) is 1.85. The molecule has 3 nitrogen and oxygen atoms in total. The second kappa shape index (κ2) is 4.64. The van der Waals surface area contributed by atoms with E-state index in [-0.39, 0.29) is 11.1 Å². The van der Waals surface area contributed by atoms with Gasteiger partial charge in [0.05, 0.1) is 0 Å². The lowest BCUT2D eigenvalue weighted by atomic mass is 9.87. The molecule has 0 fully saturated rings. The van der Waals surface area contributed by atoms with E-state index in [0.29, 0.717) is 11.5 Å². The van der Waals surface area contributed by atoms with Gasteiger partial charge in [-0.05, 0) is 17.0 Å². The highest BCUT2D eigenvalue weighted by molar-refractivity contribution is 6.31. The van der Waals surface area contributed by atoms with Gasteiger partial charge in [-0.25, -0.2) is 0 Å². The Hall–Kier alpha value is -2.26. The topological polar surface area (TPSA) is 54.4 Å². The van der Waals surface area contributed by atoms with Crippen LogP contribution in [0.4, 0.5) is 0 Å². The number of carbonyl (C=O) groups is 2. The summed E-state index contributed by atoms with van der Waals surface area (Å²) in [5.74, 6) is -0.735. The van der Waals surface area contributed by atoms with Crippen molar-refractivity contribution >= 4 is 11.6 Å². The van der Waals surface area contributed by atoms with Gasteiger partial charge < -0.3 is 5.11 Å². The second-order valence-electron chi connectivity index (χ2n) is 5.69. The largest absolute Gasteiger partial charge is 0.370 e. The molecule has 0 radical (unpaired) electrons. The Labute approximate surface area is 123 Å². The predicted molar refractivity (Wildman–Crippen MR) is 79.5 cm³/mol. The van der Waals surface area contributed by atoms with E-state index < -0.39 is 17.2 Å². The summed E-state index contributed by atoms with van der Waals surface area (Å²) in [6.45, 7) is 4.12. The number of benzene rings is 2. The molecule has 2 aromatic carbocycles. The summed E-state index contributed by atoms with van der Waals surface area (Å²) in [5.41, 5.74) is -0.0779. The Balaban J connectivity index is 2.10. The van der Waals surface area contributed by atoms with Crippen LogP contribution in [0, 0.1) is 0 Å². The summed E-state index contributed by atoms with van der Waals surface area (Å²) in [5, 5.41) is 10.8. The van der Waals surface area contributed by atoms with E-state index >= 15 is 0 Å². The van der Waals surface area contributed by atoms with Crippen LogP contribution in [0.2, 0.25) is 0 Å². The molecule has 0 aromatic heterocycles. The maximum Gasteiger partial charge on any atom is 0.216 e. The van der Waals surface area contributed by atoms with Gasteiger partial charge in [-0.15, -0.1) is 0 Å². The molecule has 21 heavy (non-hydrogen) atoms. The van der Waals surface area contributed by atoms with Crippen LogP contribution in [0.5, 0.6) is 0 Å². The van der Waals surface area contributed by atoms with Gasteiger partial charge in [0.25, 0.3) is 0 Å². The zero-order chi connectivity index (χ0) is 15.2. The number of hydrogen-bond acceptors (Lipinski definition) is 3. The third-order valence-electron chi connectivity index (χ3n) is 4.07. The Bertz CT molecular complexity index is 691. The minimum absolute atomic E-state index is 0.290. The molecule has 3 heteroatoms. The van der Waals surface area contributed by atoms with Crippen LogP contribution in [0.25, 0.3) is 0 Å². The van der Waals surface area contributed by atoms with Gasteiger partial charge in [-0.2, -0.15) is 0 Å². The second-order valence-corrected chi connectivity index (χ2v) is 5.69. The lowest BCUT2D eigenvalue weighted by molar-refractivity contribution is 0.0321. The highest BCUT2D eigenvalue weighted by Crippen LogP contribution is 2.37. The summed E-state index contributed by atoms with van der Waals surface area (Å²) in [4.78, 5) is 25.0. The number of Topliss-reactive ketones (excluding diaryl/α,β-unsaturated/α-hetero) is 2. The molecule has 1 aliphatic carbocycles. The number of ketones is 2. The molecule has 0 aliphatic heterocycles. The van der Waals surface area contributed by atoms with Gasteiger partial charge in [0.1, 0.15) is 0 Å². The van der Waals surface area contributed by atoms with Crippen molar-refractivity contribution < 1.29 is 14.7 Å². The first-order valence-electron chi connectivity index (χ1n) is 6.97. The summed E-state index contributed by atoms with van der Waals surface area (Å²) in [6, 6.07) is 13.6. The molecule has 0 atom stereocenters. The standard InChI is InChI=1S/C18H16O3/c1-11(2)12-7-9-13(10-8-12)18(21)16(19)14-5-3-4-6-15(14)17(18)20/h3-11,21H,1-2H3. The minimum atomic E-state index is -2.08. The van der Waals surface area contributed by atoms with Crippen molar-refractivity contribution in [2.24, 2.45) is 0 Å². The smallest absolute Gasteiger partial charge is 0.216 e. The molecule has 0 saturated carbocycles. The molecule has 0 amide bonds. The van der Waals surface area contributed by atoms with Gasteiger partial charge >= 0.3 is 0 Å². The molecule has 106 valence electrons. The van der Waals surface area contributed by atoms with Crippen LogP contribution in [0.15, 0.2) is 48.5 Å². The fourth-order valence-corrected chi connectivity index (χ4v) is 2.74. The lowest BCUT2D eigenvalue weighted by Crippen LogP contribution is -2.38. The molecule has 1 N–H and O–H groups in total. The van der Waals surface area contributed by atoms with Crippen LogP contribution in [0.1, 0.15) is 51.6 Å². The summed E-state index contributed by atoms with van der Waals surface area (Å²) >= 11 is 0. The zero-order valence-corrected chi connectivity index (χ0v) is 12.0. The van der Waals surface area contributed by atoms with Gasteiger partial charge in [0.15, 0.2) is 0 Å². The number of carbonyl (C=O) groups excluding carboxylic acids is 2. The average molecular weight is 280 g/mol. The number of hydrogen-bond donors (Lipinski definition) is 1. The quantitative estimate of drug-likeness (QED) is 0.860. The van der Waals surface area contributed by atoms with E-state index in [2.05, 4.69) is 13.8 Å². The Morgan fingerprint density at radius 2 is 1.33 bits per heavy atom. The van der Waals surface area contributed by atoms with Gasteiger partial charge in [-0.1, -0.05) is 62.4 Å². The molecule has 0 heterocycles. The maximum atomic E-state index is 12.5. The molecule has 0 bridgehead atoms. The SMILES string of the molecule is CC(C)c1ccc(C2(O)C(=O)c3ccccc3C2=O)cc1. The van der Waals surface area contributed by atoms with Crippen molar-refractivity contribution in [2.45, 2.75) is 25.4 Å². The molecule has 3 rings (SSSR count). The van der Waals surface area contributed by atoms with E-state index in [0.717, 1.165) is 5.56 Å². The highest BCUT2D eigenvalue weighted by Gasteiger charge is 2.52. The van der Waals surface area contributed by atoms with Crippen molar-refractivity contribution in [3.05, 3.63) is 70.8 Å². The fraction of sp³-hybridized carbons (Fsp3) is 0.222. The summed E-state index contributed by atoms with van der Waals surface area (Å²) in [6.07, 6.45) is 0. The first-order chi connectivity index (χ1) is 9.96. The van der Waals surface area contributed by atoms with Crippen molar-refractivity contribution in [1.29, 1.82) is 0 Å². The predicted octanol–water partition coefficient (Wildman–Crippen LogP) is 3.08. The van der Waals surface area contributed by atoms with E-state index in [4.69, 9.17) is 0 Å². The lowest BCUT2D eigenvalue weighted by Gasteiger charge is -2.20. The first kappa shape index (κ1) is 13.7. The van der Waals surface area contributed by atoms with Gasteiger partial charge in [0, 0.05) is 11.1 Å². The Kier molecular flexibility index (Phi) is 3.03. The van der Waals surface area contributed by atoms with E-state index in [1.54, 1.807) is 36.4 Å². The van der Waals surface area contributed by atoms with Gasteiger partial charge in [0.2, 0.25) is 17.2 Å². The van der Waals surface area contributed by atoms with Crippen LogP contribution in [0.3, 0.4) is 0 Å².